The van der Waals surface area contributed by atoms with Crippen LogP contribution < -0.4 is 14.4 Å². The number of anilines is 1. The Hall–Kier alpha value is -4.01. The molecular weight excluding hydrogens is 766 g/mol. The molecule has 2 fully saturated rings. The summed E-state index contributed by atoms with van der Waals surface area (Å²) in [6.45, 7) is 15.0. The van der Waals surface area contributed by atoms with Crippen LogP contribution in [-0.4, -0.2) is 70.1 Å². The molecular formula is C43H56ClN5O7S. The maximum Gasteiger partial charge on any atom is 0.287 e. The number of fused-ring (bicyclic) bond motifs is 2. The van der Waals surface area contributed by atoms with Gasteiger partial charge in [-0.15, -0.1) is 17.5 Å². The molecule has 57 heavy (non-hydrogen) atoms. The van der Waals surface area contributed by atoms with Gasteiger partial charge >= 0.3 is 0 Å². The molecule has 308 valence electrons. The second-order valence-corrected chi connectivity index (χ2v) is 18.0. The van der Waals surface area contributed by atoms with E-state index >= 15 is 4.21 Å². The Balaban J connectivity index is 1.40. The molecule has 0 radical (unpaired) electrons. The first-order valence-corrected chi connectivity index (χ1v) is 21.8. The van der Waals surface area contributed by atoms with E-state index in [1.54, 1.807) is 46.0 Å². The Kier molecular flexibility index (Phi) is 14.0. The van der Waals surface area contributed by atoms with Crippen molar-refractivity contribution in [2.45, 2.75) is 102 Å². The van der Waals surface area contributed by atoms with Gasteiger partial charge in [0.25, 0.3) is 11.8 Å². The van der Waals surface area contributed by atoms with Gasteiger partial charge in [0.2, 0.25) is 0 Å². The lowest BCUT2D eigenvalue weighted by molar-refractivity contribution is -0.197. The molecule has 2 unspecified atom stereocenters. The minimum absolute atomic E-state index is 0.0742. The molecule has 2 aromatic carbocycles. The van der Waals surface area contributed by atoms with Crippen molar-refractivity contribution in [1.82, 2.24) is 14.5 Å². The molecule has 0 bridgehead atoms. The van der Waals surface area contributed by atoms with Gasteiger partial charge in [0.05, 0.1) is 34.6 Å². The molecule has 5 atom stereocenters. The van der Waals surface area contributed by atoms with Crippen LogP contribution in [0.25, 0.3) is 0 Å². The number of aromatic nitrogens is 2. The van der Waals surface area contributed by atoms with Crippen molar-refractivity contribution < 1.29 is 32.7 Å². The van der Waals surface area contributed by atoms with Gasteiger partial charge < -0.3 is 23.8 Å². The Morgan fingerprint density at radius 2 is 1.95 bits per heavy atom. The molecule has 6 rings (SSSR count). The van der Waals surface area contributed by atoms with E-state index in [1.807, 2.05) is 24.3 Å². The van der Waals surface area contributed by atoms with Crippen LogP contribution in [0.3, 0.4) is 0 Å². The average molecular weight is 822 g/mol. The highest BCUT2D eigenvalue weighted by Crippen LogP contribution is 2.42. The fourth-order valence-electron chi connectivity index (χ4n) is 7.65. The Labute approximate surface area is 342 Å². The second kappa shape index (κ2) is 18.7. The molecule has 14 heteroatoms. The summed E-state index contributed by atoms with van der Waals surface area (Å²) in [5.41, 5.74) is 2.05. The number of rotatable bonds is 13. The van der Waals surface area contributed by atoms with Crippen molar-refractivity contribution in [3.05, 3.63) is 95.3 Å². The van der Waals surface area contributed by atoms with Crippen molar-refractivity contribution in [1.29, 1.82) is 0 Å². The number of halogens is 1. The highest BCUT2D eigenvalue weighted by Gasteiger charge is 2.39. The SMILES string of the molecule is C=CCOC(C)(C)C(=O)N=S(=O)(NC(=O)c1cn(C)nc1C)c1ccc2c(c1)N(C[C@@H]1CC[C@H]1[C@H](C=C)OC1CCCCO1)CCCCc1cc(Cl)ccc1CO2. The lowest BCUT2D eigenvalue weighted by Gasteiger charge is -2.44. The van der Waals surface area contributed by atoms with Crippen molar-refractivity contribution >= 4 is 39.0 Å². The van der Waals surface area contributed by atoms with E-state index in [4.69, 9.17) is 30.5 Å². The van der Waals surface area contributed by atoms with Gasteiger partial charge in [0.15, 0.2) is 16.2 Å². The molecule has 1 aliphatic carbocycles. The zero-order valence-electron chi connectivity index (χ0n) is 33.5. The van der Waals surface area contributed by atoms with Crippen LogP contribution in [0.4, 0.5) is 5.69 Å². The molecule has 3 aliphatic rings. The standard InChI is InChI=1S/C43H56ClN5O7S/c1-7-22-55-43(4,5)42(51)47-57(52,46-41(50)36-27-48(6)45-29(36)3)34-18-20-39-37(25-34)49(21-11-9-13-30-24-33(44)17-15-32(30)28-54-39)26-31-16-19-35(31)38(8-2)56-40-14-10-12-23-53-40/h7-8,15,17-18,20,24-25,27,31,35,38,40H,1-2,9-14,16,19,21-23,26,28H2,3-6H3,(H,46,47,50,51,52)/t31-,35+,38-,40?,57?/m0/s1. The second-order valence-electron chi connectivity index (χ2n) is 15.6. The van der Waals surface area contributed by atoms with Crippen LogP contribution in [0.2, 0.25) is 5.02 Å². The van der Waals surface area contributed by atoms with E-state index in [0.29, 0.717) is 41.8 Å². The molecule has 2 aliphatic heterocycles. The number of benzene rings is 2. The lowest BCUT2D eigenvalue weighted by atomic mass is 9.70. The zero-order valence-corrected chi connectivity index (χ0v) is 35.1. The van der Waals surface area contributed by atoms with E-state index in [9.17, 15) is 9.59 Å². The third kappa shape index (κ3) is 10.4. The van der Waals surface area contributed by atoms with Crippen LogP contribution in [-0.2, 0) is 49.0 Å². The van der Waals surface area contributed by atoms with Gasteiger partial charge in [-0.1, -0.05) is 29.8 Å². The highest BCUT2D eigenvalue weighted by atomic mass is 35.5. The van der Waals surface area contributed by atoms with Gasteiger partial charge in [0.1, 0.15) is 18.0 Å². The largest absolute Gasteiger partial charge is 0.487 e. The molecule has 3 heterocycles. The predicted molar refractivity (Wildman–Crippen MR) is 222 cm³/mol. The average Bonchev–Trinajstić information content (AvgIpc) is 3.51. The third-order valence-electron chi connectivity index (χ3n) is 11.1. The van der Waals surface area contributed by atoms with Crippen LogP contribution in [0.5, 0.6) is 5.75 Å². The number of hydrogen-bond donors (Lipinski definition) is 1. The van der Waals surface area contributed by atoms with Gasteiger partial charge in [-0.3, -0.25) is 19.0 Å². The van der Waals surface area contributed by atoms with Gasteiger partial charge in [-0.05, 0) is 125 Å². The van der Waals surface area contributed by atoms with Gasteiger partial charge in [-0.25, -0.2) is 4.21 Å². The summed E-state index contributed by atoms with van der Waals surface area (Å²) < 4.78 is 48.4. The van der Waals surface area contributed by atoms with Crippen LogP contribution in [0, 0.1) is 18.8 Å². The molecule has 1 saturated heterocycles. The van der Waals surface area contributed by atoms with E-state index in [-0.39, 0.29) is 47.9 Å². The zero-order chi connectivity index (χ0) is 40.7. The maximum atomic E-state index is 15.3. The number of carbonyl (C=O) groups excluding carboxylic acids is 2. The molecule has 2 amide bonds. The summed E-state index contributed by atoms with van der Waals surface area (Å²) in [5.74, 6) is -0.404. The van der Waals surface area contributed by atoms with Gasteiger partial charge in [0, 0.05) is 38.0 Å². The molecule has 12 nitrogen and oxygen atoms in total. The number of amides is 2. The van der Waals surface area contributed by atoms with Crippen LogP contribution >= 0.6 is 11.6 Å². The van der Waals surface area contributed by atoms with Crippen LogP contribution in [0.15, 0.2) is 77.2 Å². The van der Waals surface area contributed by atoms with Crippen LogP contribution in [0.1, 0.15) is 86.0 Å². The molecule has 3 aromatic rings. The quantitative estimate of drug-likeness (QED) is 0.171. The third-order valence-corrected chi connectivity index (χ3v) is 13.1. The Bertz CT molecular complexity index is 2070. The first-order chi connectivity index (χ1) is 27.3. The number of nitrogens with zero attached hydrogens (tertiary/aromatic N) is 4. The minimum atomic E-state index is -3.96. The van der Waals surface area contributed by atoms with E-state index in [0.717, 1.165) is 62.5 Å². The molecule has 1 saturated carbocycles. The highest BCUT2D eigenvalue weighted by molar-refractivity contribution is 7.92. The summed E-state index contributed by atoms with van der Waals surface area (Å²) in [5, 5.41) is 4.96. The normalized spacial score (nSPS) is 21.6. The Morgan fingerprint density at radius 3 is 2.63 bits per heavy atom. The number of nitrogens with one attached hydrogen (secondary N) is 1. The van der Waals surface area contributed by atoms with E-state index in [2.05, 4.69) is 32.2 Å². The summed E-state index contributed by atoms with van der Waals surface area (Å²) in [4.78, 5) is 30.0. The number of hydrogen-bond acceptors (Lipinski definition) is 9. The fraction of sp³-hybridized carbons (Fsp3) is 0.512. The maximum absolute atomic E-state index is 15.3. The minimum Gasteiger partial charge on any atom is -0.487 e. The monoisotopic (exact) mass is 821 g/mol. The van der Waals surface area contributed by atoms with Crippen molar-refractivity contribution in [3.8, 4) is 5.75 Å². The predicted octanol–water partition coefficient (Wildman–Crippen LogP) is 7.91. The fourth-order valence-corrected chi connectivity index (χ4v) is 9.45. The summed E-state index contributed by atoms with van der Waals surface area (Å²) in [7, 11) is -2.27. The number of carbonyl (C=O) groups is 2. The first kappa shape index (κ1) is 42.6. The Morgan fingerprint density at radius 1 is 1.12 bits per heavy atom. The summed E-state index contributed by atoms with van der Waals surface area (Å²) in [6, 6.07) is 11.0. The molecule has 1 N–H and O–H groups in total. The smallest absolute Gasteiger partial charge is 0.287 e. The van der Waals surface area contributed by atoms with E-state index < -0.39 is 27.3 Å². The first-order valence-electron chi connectivity index (χ1n) is 19.9. The number of ether oxygens (including phenoxy) is 4. The van der Waals surface area contributed by atoms with Crippen molar-refractivity contribution in [2.75, 3.05) is 31.2 Å². The molecule has 0 spiro atoms. The number of aryl methyl sites for hydroxylation is 3. The lowest BCUT2D eigenvalue weighted by Crippen LogP contribution is -2.45. The summed E-state index contributed by atoms with van der Waals surface area (Å²) in [6.07, 6.45) is 12.2. The topological polar surface area (TPSA) is 134 Å². The summed E-state index contributed by atoms with van der Waals surface area (Å²) >= 11 is 6.43. The van der Waals surface area contributed by atoms with Crippen molar-refractivity contribution in [3.63, 3.8) is 0 Å². The molecule has 1 aromatic heterocycles. The van der Waals surface area contributed by atoms with E-state index in [1.165, 1.54) is 17.0 Å². The van der Waals surface area contributed by atoms with Gasteiger partial charge in [-0.2, -0.15) is 5.10 Å². The van der Waals surface area contributed by atoms with Crippen molar-refractivity contribution in [2.24, 2.45) is 23.2 Å².